The van der Waals surface area contributed by atoms with Crippen LogP contribution in [0.25, 0.3) is 11.0 Å². The number of nitrogens with one attached hydrogen (secondary N) is 1. The summed E-state index contributed by atoms with van der Waals surface area (Å²) < 4.78 is 7.63. The van der Waals surface area contributed by atoms with Gasteiger partial charge < -0.3 is 19.5 Å². The van der Waals surface area contributed by atoms with Gasteiger partial charge in [-0.25, -0.2) is 4.98 Å². The number of hydrogen-bond acceptors (Lipinski definition) is 4. The highest BCUT2D eigenvalue weighted by atomic mass is 16.5. The average Bonchev–Trinajstić information content (AvgIpc) is 3.13. The number of carbonyl (C=O) groups is 2. The zero-order valence-corrected chi connectivity index (χ0v) is 20.3. The van der Waals surface area contributed by atoms with Gasteiger partial charge in [-0.05, 0) is 52.2 Å². The standard InChI is InChI=1S/C26H38N4O3/c1-19(2)33-17-11-16-30-24(31)23-28-21-14-9-10-15-22(21)29(23)18-26(30,3)25(32)27-20-12-7-5-4-6-8-13-20/h9-10,14-15,19-20H,4-8,11-13,16-18H2,1-3H3,(H,27,32)/t26-/m0/s1. The van der Waals surface area contributed by atoms with Gasteiger partial charge in [-0.1, -0.05) is 44.2 Å². The number of rotatable bonds is 7. The van der Waals surface area contributed by atoms with Crippen molar-refractivity contribution in [3.8, 4) is 0 Å². The van der Waals surface area contributed by atoms with E-state index in [2.05, 4.69) is 10.3 Å². The quantitative estimate of drug-likeness (QED) is 0.633. The molecule has 1 aliphatic carbocycles. The van der Waals surface area contributed by atoms with Gasteiger partial charge in [0, 0.05) is 19.2 Å². The maximum atomic E-state index is 13.8. The van der Waals surface area contributed by atoms with Crippen molar-refractivity contribution in [2.75, 3.05) is 13.2 Å². The zero-order valence-electron chi connectivity index (χ0n) is 20.3. The van der Waals surface area contributed by atoms with Crippen LogP contribution in [-0.2, 0) is 16.1 Å². The molecule has 1 saturated carbocycles. The second-order valence-corrected chi connectivity index (χ2v) is 10.0. The van der Waals surface area contributed by atoms with E-state index >= 15 is 0 Å². The van der Waals surface area contributed by atoms with Crippen LogP contribution in [0.3, 0.4) is 0 Å². The minimum atomic E-state index is -0.978. The van der Waals surface area contributed by atoms with E-state index in [1.54, 1.807) is 4.90 Å². The summed E-state index contributed by atoms with van der Waals surface area (Å²) in [5.41, 5.74) is 0.704. The number of imidazole rings is 1. The largest absolute Gasteiger partial charge is 0.379 e. The molecular weight excluding hydrogens is 416 g/mol. The second kappa shape index (κ2) is 10.2. The second-order valence-electron chi connectivity index (χ2n) is 10.0. The molecule has 0 unspecified atom stereocenters. The van der Waals surface area contributed by atoms with Crippen LogP contribution in [0.15, 0.2) is 24.3 Å². The van der Waals surface area contributed by atoms with Crippen LogP contribution in [-0.4, -0.2) is 57.1 Å². The van der Waals surface area contributed by atoms with Gasteiger partial charge in [-0.3, -0.25) is 9.59 Å². The first-order valence-corrected chi connectivity index (χ1v) is 12.6. The van der Waals surface area contributed by atoms with Crippen LogP contribution in [0.1, 0.15) is 82.8 Å². The number of ether oxygens (including phenoxy) is 1. The first kappa shape index (κ1) is 23.7. The lowest BCUT2D eigenvalue weighted by Crippen LogP contribution is -2.65. The number of aromatic nitrogens is 2. The highest BCUT2D eigenvalue weighted by molar-refractivity contribution is 6.01. The van der Waals surface area contributed by atoms with Crippen molar-refractivity contribution < 1.29 is 14.3 Å². The van der Waals surface area contributed by atoms with Crippen LogP contribution < -0.4 is 5.32 Å². The van der Waals surface area contributed by atoms with Gasteiger partial charge in [0.25, 0.3) is 5.91 Å². The van der Waals surface area contributed by atoms with E-state index in [0.29, 0.717) is 31.9 Å². The van der Waals surface area contributed by atoms with Crippen LogP contribution in [0.4, 0.5) is 0 Å². The minimum Gasteiger partial charge on any atom is -0.379 e. The van der Waals surface area contributed by atoms with Crippen molar-refractivity contribution in [3.63, 3.8) is 0 Å². The molecule has 0 radical (unpaired) electrons. The van der Waals surface area contributed by atoms with E-state index in [1.807, 2.05) is 49.6 Å². The van der Waals surface area contributed by atoms with E-state index in [-0.39, 0.29) is 24.0 Å². The number of benzene rings is 1. The summed E-state index contributed by atoms with van der Waals surface area (Å²) >= 11 is 0. The normalized spacial score (nSPS) is 22.3. The van der Waals surface area contributed by atoms with Gasteiger partial charge in [0.1, 0.15) is 5.54 Å². The molecular formula is C26H38N4O3. The summed E-state index contributed by atoms with van der Waals surface area (Å²) in [6.07, 6.45) is 8.88. The van der Waals surface area contributed by atoms with Crippen molar-refractivity contribution in [2.45, 2.75) is 96.4 Å². The minimum absolute atomic E-state index is 0.0605. The number of hydrogen-bond donors (Lipinski definition) is 1. The first-order chi connectivity index (χ1) is 15.9. The number of nitrogens with zero attached hydrogens (tertiary/aromatic N) is 3. The van der Waals surface area contributed by atoms with Crippen molar-refractivity contribution in [2.24, 2.45) is 0 Å². The smallest absolute Gasteiger partial charge is 0.290 e. The Morgan fingerprint density at radius 3 is 2.61 bits per heavy atom. The van der Waals surface area contributed by atoms with Gasteiger partial charge in [-0.15, -0.1) is 0 Å². The lowest BCUT2D eigenvalue weighted by atomic mass is 9.92. The molecule has 1 atom stereocenters. The summed E-state index contributed by atoms with van der Waals surface area (Å²) in [5.74, 6) is 0.171. The highest BCUT2D eigenvalue weighted by Crippen LogP contribution is 2.31. The van der Waals surface area contributed by atoms with Crippen molar-refractivity contribution in [1.29, 1.82) is 0 Å². The molecule has 7 heteroatoms. The molecule has 1 aliphatic heterocycles. The fourth-order valence-electron chi connectivity index (χ4n) is 5.16. The van der Waals surface area contributed by atoms with Gasteiger partial charge in [0.2, 0.25) is 5.91 Å². The van der Waals surface area contributed by atoms with Crippen molar-refractivity contribution in [1.82, 2.24) is 19.8 Å². The zero-order chi connectivity index (χ0) is 23.4. The lowest BCUT2D eigenvalue weighted by molar-refractivity contribution is -0.133. The third-order valence-corrected chi connectivity index (χ3v) is 7.06. The molecule has 2 amide bonds. The first-order valence-electron chi connectivity index (χ1n) is 12.6. The fourth-order valence-corrected chi connectivity index (χ4v) is 5.16. The number of fused-ring (bicyclic) bond motifs is 3. The lowest BCUT2D eigenvalue weighted by Gasteiger charge is -2.44. The molecule has 0 spiro atoms. The van der Waals surface area contributed by atoms with Gasteiger partial charge >= 0.3 is 0 Å². The monoisotopic (exact) mass is 454 g/mol. The van der Waals surface area contributed by atoms with E-state index in [0.717, 1.165) is 36.7 Å². The molecule has 2 heterocycles. The summed E-state index contributed by atoms with van der Waals surface area (Å²) in [7, 11) is 0. The van der Waals surface area contributed by atoms with E-state index in [4.69, 9.17) is 4.74 Å². The predicted octanol–water partition coefficient (Wildman–Crippen LogP) is 4.30. The Balaban J connectivity index is 1.61. The Morgan fingerprint density at radius 2 is 1.88 bits per heavy atom. The van der Waals surface area contributed by atoms with Gasteiger partial charge in [-0.2, -0.15) is 0 Å². The van der Waals surface area contributed by atoms with Crippen LogP contribution in [0.5, 0.6) is 0 Å². The van der Waals surface area contributed by atoms with Gasteiger partial charge in [0.15, 0.2) is 5.82 Å². The Kier molecular flexibility index (Phi) is 7.37. The summed E-state index contributed by atoms with van der Waals surface area (Å²) in [5, 5.41) is 3.33. The van der Waals surface area contributed by atoms with Crippen LogP contribution in [0, 0.1) is 0 Å². The molecule has 1 N–H and O–H groups in total. The molecule has 1 fully saturated rings. The molecule has 7 nitrogen and oxygen atoms in total. The third-order valence-electron chi connectivity index (χ3n) is 7.06. The molecule has 0 saturated heterocycles. The van der Waals surface area contributed by atoms with Crippen LogP contribution in [0.2, 0.25) is 0 Å². The van der Waals surface area contributed by atoms with Gasteiger partial charge in [0.05, 0.1) is 23.7 Å². The van der Waals surface area contributed by atoms with Crippen LogP contribution >= 0.6 is 0 Å². The summed E-state index contributed by atoms with van der Waals surface area (Å²) in [4.78, 5) is 33.8. The van der Waals surface area contributed by atoms with E-state index in [1.165, 1.54) is 19.3 Å². The number of amides is 2. The molecule has 0 bridgehead atoms. The molecule has 33 heavy (non-hydrogen) atoms. The Morgan fingerprint density at radius 1 is 1.18 bits per heavy atom. The number of carbonyl (C=O) groups excluding carboxylic acids is 2. The summed E-state index contributed by atoms with van der Waals surface area (Å²) in [6.45, 7) is 7.33. The Hall–Kier alpha value is -2.41. The maximum Gasteiger partial charge on any atom is 0.290 e. The fraction of sp³-hybridized carbons (Fsp3) is 0.654. The average molecular weight is 455 g/mol. The molecule has 2 aliphatic rings. The molecule has 1 aromatic carbocycles. The van der Waals surface area contributed by atoms with Crippen molar-refractivity contribution >= 4 is 22.8 Å². The Bertz CT molecular complexity index is 977. The van der Waals surface area contributed by atoms with E-state index < -0.39 is 5.54 Å². The molecule has 4 rings (SSSR count). The number of para-hydroxylation sites is 2. The highest BCUT2D eigenvalue weighted by Gasteiger charge is 2.48. The maximum absolute atomic E-state index is 13.8. The molecule has 180 valence electrons. The van der Waals surface area contributed by atoms with E-state index in [9.17, 15) is 9.59 Å². The SMILES string of the molecule is CC(C)OCCCN1C(=O)c2nc3ccccc3n2C[C@@]1(C)C(=O)NC1CCCCCCC1. The molecule has 1 aromatic heterocycles. The predicted molar refractivity (Wildman–Crippen MR) is 129 cm³/mol. The summed E-state index contributed by atoms with van der Waals surface area (Å²) in [6, 6.07) is 7.94. The Labute approximate surface area is 196 Å². The topological polar surface area (TPSA) is 76.5 Å². The molecule has 2 aromatic rings. The third kappa shape index (κ3) is 5.08. The van der Waals surface area contributed by atoms with Crippen molar-refractivity contribution in [3.05, 3.63) is 30.1 Å².